The van der Waals surface area contributed by atoms with Gasteiger partial charge in [0.25, 0.3) is 0 Å². The van der Waals surface area contributed by atoms with Gasteiger partial charge in [-0.3, -0.25) is 4.98 Å². The number of aromatic nitrogens is 3. The molecule has 0 aliphatic carbocycles. The average molecular weight is 283 g/mol. The molecule has 0 radical (unpaired) electrons. The van der Waals surface area contributed by atoms with Crippen molar-refractivity contribution >= 4 is 11.0 Å². The molecular formula is C16H17N3O2. The molecule has 0 aliphatic rings. The zero-order valence-electron chi connectivity index (χ0n) is 12.1. The number of ether oxygens (including phenoxy) is 2. The maximum Gasteiger partial charge on any atom is 0.163 e. The molecule has 2 aromatic heterocycles. The largest absolute Gasteiger partial charge is 0.493 e. The highest BCUT2D eigenvalue weighted by atomic mass is 16.5. The van der Waals surface area contributed by atoms with Crippen LogP contribution in [0.1, 0.15) is 11.5 Å². The number of methoxy groups -OCH3 is 2. The van der Waals surface area contributed by atoms with E-state index in [0.717, 1.165) is 35.4 Å². The van der Waals surface area contributed by atoms with Gasteiger partial charge in [0.2, 0.25) is 0 Å². The van der Waals surface area contributed by atoms with Crippen LogP contribution in [0, 0.1) is 0 Å². The molecule has 3 aromatic rings. The van der Waals surface area contributed by atoms with E-state index in [9.17, 15) is 0 Å². The summed E-state index contributed by atoms with van der Waals surface area (Å²) in [6.07, 6.45) is 3.48. The lowest BCUT2D eigenvalue weighted by atomic mass is 10.2. The summed E-state index contributed by atoms with van der Waals surface area (Å²) in [5.74, 6) is 2.32. The van der Waals surface area contributed by atoms with Crippen molar-refractivity contribution in [3.8, 4) is 11.5 Å². The number of hydrogen-bond acceptors (Lipinski definition) is 4. The number of aromatic amines is 1. The number of imidazole rings is 1. The van der Waals surface area contributed by atoms with E-state index in [0.29, 0.717) is 11.5 Å². The number of pyridine rings is 1. The third-order valence-corrected chi connectivity index (χ3v) is 3.38. The Morgan fingerprint density at radius 2 is 1.86 bits per heavy atom. The van der Waals surface area contributed by atoms with Crippen molar-refractivity contribution < 1.29 is 9.47 Å². The van der Waals surface area contributed by atoms with Crippen molar-refractivity contribution in [1.82, 2.24) is 15.0 Å². The number of benzene rings is 1. The fourth-order valence-corrected chi connectivity index (χ4v) is 2.30. The summed E-state index contributed by atoms with van der Waals surface area (Å²) in [4.78, 5) is 12.2. The van der Waals surface area contributed by atoms with Crippen LogP contribution in [0.25, 0.3) is 11.0 Å². The molecule has 0 saturated carbocycles. The lowest BCUT2D eigenvalue weighted by Crippen LogP contribution is -1.95. The normalized spacial score (nSPS) is 10.8. The van der Waals surface area contributed by atoms with Crippen LogP contribution in [0.5, 0.6) is 11.5 Å². The van der Waals surface area contributed by atoms with Gasteiger partial charge in [-0.15, -0.1) is 0 Å². The smallest absolute Gasteiger partial charge is 0.163 e. The fourth-order valence-electron chi connectivity index (χ4n) is 2.30. The molecule has 1 N–H and O–H groups in total. The first kappa shape index (κ1) is 13.4. The number of nitrogens with zero attached hydrogens (tertiary/aromatic N) is 2. The number of nitrogens with one attached hydrogen (secondary N) is 1. The molecule has 5 heteroatoms. The Balaban J connectivity index is 1.84. The first-order valence-electron chi connectivity index (χ1n) is 6.80. The summed E-state index contributed by atoms with van der Waals surface area (Å²) < 4.78 is 10.6. The molecule has 5 nitrogen and oxygen atoms in total. The molecule has 3 rings (SSSR count). The Kier molecular flexibility index (Phi) is 3.73. The third-order valence-electron chi connectivity index (χ3n) is 3.38. The minimum absolute atomic E-state index is 0.688. The minimum Gasteiger partial charge on any atom is -0.493 e. The van der Waals surface area contributed by atoms with Crippen LogP contribution < -0.4 is 9.47 Å². The number of rotatable bonds is 5. The van der Waals surface area contributed by atoms with Crippen molar-refractivity contribution in [2.75, 3.05) is 14.2 Å². The second-order valence-corrected chi connectivity index (χ2v) is 4.73. The number of fused-ring (bicyclic) bond motifs is 1. The van der Waals surface area contributed by atoms with Crippen molar-refractivity contribution in [1.29, 1.82) is 0 Å². The number of aryl methyl sites for hydroxylation is 2. The third kappa shape index (κ3) is 2.81. The number of hydrogen-bond donors (Lipinski definition) is 1. The van der Waals surface area contributed by atoms with Crippen LogP contribution in [0.3, 0.4) is 0 Å². The second kappa shape index (κ2) is 5.83. The van der Waals surface area contributed by atoms with Gasteiger partial charge in [0.1, 0.15) is 5.82 Å². The van der Waals surface area contributed by atoms with Crippen molar-refractivity contribution in [2.24, 2.45) is 0 Å². The maximum atomic E-state index is 5.30. The van der Waals surface area contributed by atoms with Crippen molar-refractivity contribution in [2.45, 2.75) is 12.8 Å². The first-order chi connectivity index (χ1) is 10.3. The molecule has 0 amide bonds. The highest BCUT2D eigenvalue weighted by Gasteiger charge is 2.10. The topological polar surface area (TPSA) is 60.0 Å². The molecule has 2 heterocycles. The lowest BCUT2D eigenvalue weighted by molar-refractivity contribution is 0.356. The minimum atomic E-state index is 0.688. The zero-order valence-corrected chi connectivity index (χ0v) is 12.1. The summed E-state index contributed by atoms with van der Waals surface area (Å²) in [5.41, 5.74) is 2.89. The molecule has 108 valence electrons. The predicted molar refractivity (Wildman–Crippen MR) is 80.8 cm³/mol. The summed E-state index contributed by atoms with van der Waals surface area (Å²) in [6, 6.07) is 9.73. The Morgan fingerprint density at radius 1 is 1.05 bits per heavy atom. The van der Waals surface area contributed by atoms with E-state index in [1.165, 1.54) is 0 Å². The zero-order chi connectivity index (χ0) is 14.7. The molecule has 21 heavy (non-hydrogen) atoms. The highest BCUT2D eigenvalue weighted by molar-refractivity contribution is 5.79. The summed E-state index contributed by atoms with van der Waals surface area (Å²) in [7, 11) is 3.25. The molecule has 1 aromatic carbocycles. The SMILES string of the molecule is COc1cc2nc(CCc3ccccn3)[nH]c2cc1OC. The molecule has 0 saturated heterocycles. The Hall–Kier alpha value is -2.56. The van der Waals surface area contributed by atoms with Gasteiger partial charge >= 0.3 is 0 Å². The van der Waals surface area contributed by atoms with Gasteiger partial charge in [0.15, 0.2) is 11.5 Å². The maximum absolute atomic E-state index is 5.30. The van der Waals surface area contributed by atoms with E-state index >= 15 is 0 Å². The van der Waals surface area contributed by atoms with Gasteiger partial charge in [-0.2, -0.15) is 0 Å². The Bertz CT molecular complexity index is 697. The van der Waals surface area contributed by atoms with E-state index in [1.807, 2.05) is 36.5 Å². The van der Waals surface area contributed by atoms with Gasteiger partial charge < -0.3 is 14.5 Å². The lowest BCUT2D eigenvalue weighted by Gasteiger charge is -2.06. The van der Waals surface area contributed by atoms with Gasteiger partial charge in [0.05, 0.1) is 25.3 Å². The summed E-state index contributed by atoms with van der Waals surface area (Å²) >= 11 is 0. The molecule has 0 atom stereocenters. The first-order valence-corrected chi connectivity index (χ1v) is 6.80. The van der Waals surface area contributed by atoms with Crippen molar-refractivity contribution in [3.05, 3.63) is 48.0 Å². The molecule has 0 aliphatic heterocycles. The van der Waals surface area contributed by atoms with Gasteiger partial charge in [0, 0.05) is 30.4 Å². The van der Waals surface area contributed by atoms with Crippen LogP contribution in [0.4, 0.5) is 0 Å². The predicted octanol–water partition coefficient (Wildman–Crippen LogP) is 2.76. The van der Waals surface area contributed by atoms with E-state index in [1.54, 1.807) is 14.2 Å². The summed E-state index contributed by atoms with van der Waals surface area (Å²) in [5, 5.41) is 0. The monoisotopic (exact) mass is 283 g/mol. The Labute approximate surface area is 123 Å². The van der Waals surface area contributed by atoms with E-state index in [-0.39, 0.29) is 0 Å². The van der Waals surface area contributed by atoms with E-state index < -0.39 is 0 Å². The quantitative estimate of drug-likeness (QED) is 0.782. The van der Waals surface area contributed by atoms with Gasteiger partial charge in [-0.05, 0) is 18.6 Å². The number of H-pyrrole nitrogens is 1. The van der Waals surface area contributed by atoms with Crippen LogP contribution in [-0.2, 0) is 12.8 Å². The molecule has 0 unspecified atom stereocenters. The van der Waals surface area contributed by atoms with Crippen LogP contribution >= 0.6 is 0 Å². The highest BCUT2D eigenvalue weighted by Crippen LogP contribution is 2.31. The second-order valence-electron chi connectivity index (χ2n) is 4.73. The van der Waals surface area contributed by atoms with Crippen LogP contribution in [-0.4, -0.2) is 29.2 Å². The molecular weight excluding hydrogens is 266 g/mol. The standard InChI is InChI=1S/C16H17N3O2/c1-20-14-9-12-13(10-15(14)21-2)19-16(18-12)7-6-11-5-3-4-8-17-11/h3-5,8-10H,6-7H2,1-2H3,(H,18,19). The van der Waals surface area contributed by atoms with Crippen molar-refractivity contribution in [3.63, 3.8) is 0 Å². The molecule has 0 bridgehead atoms. The average Bonchev–Trinajstić information content (AvgIpc) is 2.94. The van der Waals surface area contributed by atoms with Crippen LogP contribution in [0.15, 0.2) is 36.5 Å². The van der Waals surface area contributed by atoms with E-state index in [4.69, 9.17) is 9.47 Å². The van der Waals surface area contributed by atoms with Gasteiger partial charge in [-0.25, -0.2) is 4.98 Å². The molecule has 0 fully saturated rings. The summed E-state index contributed by atoms with van der Waals surface area (Å²) in [6.45, 7) is 0. The van der Waals surface area contributed by atoms with Crippen LogP contribution in [0.2, 0.25) is 0 Å². The van der Waals surface area contributed by atoms with Gasteiger partial charge in [-0.1, -0.05) is 6.07 Å². The molecule has 0 spiro atoms. The van der Waals surface area contributed by atoms with E-state index in [2.05, 4.69) is 15.0 Å². The Morgan fingerprint density at radius 3 is 2.57 bits per heavy atom. The fraction of sp³-hybridized carbons (Fsp3) is 0.250.